The lowest BCUT2D eigenvalue weighted by molar-refractivity contribution is 0.00448. The molecule has 0 atom stereocenters. The lowest BCUT2D eigenvalue weighted by atomic mass is 9.91. The van der Waals surface area contributed by atoms with Gasteiger partial charge in [-0.3, -0.25) is 0 Å². The molecule has 0 heterocycles. The Balaban J connectivity index is 1.51. The first kappa shape index (κ1) is 16.9. The normalized spacial score (nSPS) is 20.1. The van der Waals surface area contributed by atoms with Gasteiger partial charge in [-0.05, 0) is 47.2 Å². The second kappa shape index (κ2) is 7.29. The van der Waals surface area contributed by atoms with Crippen molar-refractivity contribution in [1.29, 1.82) is 0 Å². The van der Waals surface area contributed by atoms with Gasteiger partial charge in [-0.25, -0.2) is 0 Å². The Hall–Kier alpha value is -1.96. The van der Waals surface area contributed by atoms with Crippen molar-refractivity contribution in [3.8, 4) is 11.5 Å². The Bertz CT molecular complexity index is 612. The Kier molecular flexibility index (Phi) is 5.13. The van der Waals surface area contributed by atoms with Crippen LogP contribution in [0.25, 0.3) is 0 Å². The molecule has 1 aliphatic rings. The van der Waals surface area contributed by atoms with Gasteiger partial charge in [-0.1, -0.05) is 52.0 Å². The molecule has 0 bridgehead atoms. The van der Waals surface area contributed by atoms with Crippen LogP contribution < -0.4 is 9.47 Å². The predicted octanol–water partition coefficient (Wildman–Crippen LogP) is 5.92. The molecule has 2 aromatic carbocycles. The van der Waals surface area contributed by atoms with Crippen molar-refractivity contribution in [2.24, 2.45) is 0 Å². The molecule has 0 amide bonds. The van der Waals surface area contributed by atoms with Gasteiger partial charge in [-0.2, -0.15) is 0 Å². The fourth-order valence-corrected chi connectivity index (χ4v) is 2.99. The molecule has 0 N–H and O–H groups in total. The summed E-state index contributed by atoms with van der Waals surface area (Å²) in [5.74, 6) is 3.01. The maximum Gasteiger partial charge on any atom is 0.120 e. The summed E-state index contributed by atoms with van der Waals surface area (Å²) in [6, 6.07) is 16.9. The molecule has 128 valence electrons. The average Bonchev–Trinajstić information content (AvgIpc) is 2.53. The maximum atomic E-state index is 6.09. The first-order valence-corrected chi connectivity index (χ1v) is 9.04. The number of ether oxygens (including phenoxy) is 2. The number of hydrogen-bond donors (Lipinski definition) is 0. The van der Waals surface area contributed by atoms with E-state index < -0.39 is 0 Å². The summed E-state index contributed by atoms with van der Waals surface area (Å²) in [5, 5.41) is 0. The lowest BCUT2D eigenvalue weighted by Crippen LogP contribution is -2.41. The molecular weight excluding hydrogens is 296 g/mol. The molecule has 2 aromatic rings. The molecule has 2 heteroatoms. The van der Waals surface area contributed by atoms with Gasteiger partial charge < -0.3 is 9.47 Å². The monoisotopic (exact) mass is 324 g/mol. The Morgan fingerprint density at radius 1 is 0.708 bits per heavy atom. The summed E-state index contributed by atoms with van der Waals surface area (Å²) in [5.41, 5.74) is 2.65. The van der Waals surface area contributed by atoms with E-state index in [9.17, 15) is 0 Å². The Morgan fingerprint density at radius 2 is 1.12 bits per heavy atom. The zero-order valence-electron chi connectivity index (χ0n) is 15.2. The summed E-state index contributed by atoms with van der Waals surface area (Å²) >= 11 is 0. The van der Waals surface area contributed by atoms with Gasteiger partial charge >= 0.3 is 0 Å². The number of hydrogen-bond acceptors (Lipinski definition) is 2. The summed E-state index contributed by atoms with van der Waals surface area (Å²) in [4.78, 5) is 0. The number of benzene rings is 2. The molecule has 3 rings (SSSR count). The molecule has 0 aliphatic heterocycles. The van der Waals surface area contributed by atoms with Crippen LogP contribution in [0.4, 0.5) is 0 Å². The van der Waals surface area contributed by atoms with Crippen LogP contribution in [-0.4, -0.2) is 12.2 Å². The summed E-state index contributed by atoms with van der Waals surface area (Å²) in [7, 11) is 0. The van der Waals surface area contributed by atoms with Gasteiger partial charge in [0.15, 0.2) is 0 Å². The molecule has 1 fully saturated rings. The molecule has 0 aromatic heterocycles. The van der Waals surface area contributed by atoms with Gasteiger partial charge in [0.05, 0.1) is 0 Å². The molecule has 0 radical (unpaired) electrons. The van der Waals surface area contributed by atoms with Crippen LogP contribution >= 0.6 is 0 Å². The summed E-state index contributed by atoms with van der Waals surface area (Å²) in [6.07, 6.45) is 2.45. The van der Waals surface area contributed by atoms with Crippen LogP contribution in [0.3, 0.4) is 0 Å². The second-order valence-electron chi connectivity index (χ2n) is 7.41. The van der Waals surface area contributed by atoms with Gasteiger partial charge in [0.1, 0.15) is 23.7 Å². The molecule has 24 heavy (non-hydrogen) atoms. The minimum atomic E-state index is 0.269. The van der Waals surface area contributed by atoms with Crippen molar-refractivity contribution in [2.75, 3.05) is 0 Å². The lowest BCUT2D eigenvalue weighted by Gasteiger charge is -2.35. The van der Waals surface area contributed by atoms with E-state index in [0.29, 0.717) is 11.8 Å². The van der Waals surface area contributed by atoms with E-state index in [0.717, 1.165) is 24.3 Å². The molecular formula is C22H28O2. The van der Waals surface area contributed by atoms with E-state index in [1.54, 1.807) is 0 Å². The van der Waals surface area contributed by atoms with Crippen molar-refractivity contribution in [3.05, 3.63) is 59.7 Å². The van der Waals surface area contributed by atoms with E-state index in [-0.39, 0.29) is 12.2 Å². The SMILES string of the molecule is CC(C)c1cccc(OC2CC(Oc3cccc(C(C)C)c3)C2)c1. The fraction of sp³-hybridized carbons (Fsp3) is 0.455. The largest absolute Gasteiger partial charge is 0.490 e. The Labute approximate surface area is 145 Å². The molecule has 0 saturated heterocycles. The van der Waals surface area contributed by atoms with Crippen molar-refractivity contribution in [3.63, 3.8) is 0 Å². The third-order valence-corrected chi connectivity index (χ3v) is 4.71. The molecule has 1 aliphatic carbocycles. The van der Waals surface area contributed by atoms with E-state index in [4.69, 9.17) is 9.47 Å². The molecule has 2 nitrogen and oxygen atoms in total. The van der Waals surface area contributed by atoms with Gasteiger partial charge in [-0.15, -0.1) is 0 Å². The zero-order chi connectivity index (χ0) is 17.1. The topological polar surface area (TPSA) is 18.5 Å². The quantitative estimate of drug-likeness (QED) is 0.656. The highest BCUT2D eigenvalue weighted by Crippen LogP contribution is 2.31. The maximum absolute atomic E-state index is 6.09. The smallest absolute Gasteiger partial charge is 0.120 e. The van der Waals surface area contributed by atoms with E-state index in [2.05, 4.69) is 64.1 Å². The van der Waals surface area contributed by atoms with Gasteiger partial charge in [0.2, 0.25) is 0 Å². The third-order valence-electron chi connectivity index (χ3n) is 4.71. The van der Waals surface area contributed by atoms with E-state index in [1.807, 2.05) is 12.1 Å². The van der Waals surface area contributed by atoms with Crippen LogP contribution in [0, 0.1) is 0 Å². The molecule has 0 spiro atoms. The highest BCUT2D eigenvalue weighted by Gasteiger charge is 2.32. The third kappa shape index (κ3) is 4.11. The highest BCUT2D eigenvalue weighted by atomic mass is 16.5. The Morgan fingerprint density at radius 3 is 1.50 bits per heavy atom. The predicted molar refractivity (Wildman–Crippen MR) is 99.1 cm³/mol. The van der Waals surface area contributed by atoms with Crippen LogP contribution in [0.1, 0.15) is 63.5 Å². The second-order valence-corrected chi connectivity index (χ2v) is 7.41. The first-order chi connectivity index (χ1) is 11.5. The summed E-state index contributed by atoms with van der Waals surface area (Å²) < 4.78 is 12.2. The van der Waals surface area contributed by atoms with Crippen molar-refractivity contribution < 1.29 is 9.47 Å². The highest BCUT2D eigenvalue weighted by molar-refractivity contribution is 5.32. The van der Waals surface area contributed by atoms with Crippen LogP contribution in [0.2, 0.25) is 0 Å². The minimum absolute atomic E-state index is 0.269. The average molecular weight is 324 g/mol. The fourth-order valence-electron chi connectivity index (χ4n) is 2.99. The van der Waals surface area contributed by atoms with Gasteiger partial charge in [0.25, 0.3) is 0 Å². The summed E-state index contributed by atoms with van der Waals surface area (Å²) in [6.45, 7) is 8.82. The first-order valence-electron chi connectivity index (χ1n) is 9.04. The van der Waals surface area contributed by atoms with Crippen LogP contribution in [0.15, 0.2) is 48.5 Å². The van der Waals surface area contributed by atoms with Crippen molar-refractivity contribution in [1.82, 2.24) is 0 Å². The van der Waals surface area contributed by atoms with E-state index in [1.165, 1.54) is 11.1 Å². The molecule has 0 unspecified atom stereocenters. The van der Waals surface area contributed by atoms with Crippen LogP contribution in [-0.2, 0) is 0 Å². The van der Waals surface area contributed by atoms with Crippen molar-refractivity contribution >= 4 is 0 Å². The van der Waals surface area contributed by atoms with Crippen LogP contribution in [0.5, 0.6) is 11.5 Å². The minimum Gasteiger partial charge on any atom is -0.490 e. The van der Waals surface area contributed by atoms with Gasteiger partial charge in [0, 0.05) is 12.8 Å². The molecule has 1 saturated carbocycles. The number of rotatable bonds is 6. The van der Waals surface area contributed by atoms with E-state index >= 15 is 0 Å². The standard InChI is InChI=1S/C22H28O2/c1-15(2)17-7-5-9-19(11-17)23-21-13-22(14-21)24-20-10-6-8-18(12-20)16(3)4/h5-12,15-16,21-22H,13-14H2,1-4H3. The van der Waals surface area contributed by atoms with Crippen molar-refractivity contribution in [2.45, 2.75) is 64.6 Å². The zero-order valence-corrected chi connectivity index (χ0v) is 15.2.